The second-order valence-electron chi connectivity index (χ2n) is 9.61. The molecule has 2 aromatic heterocycles. The molecule has 1 aromatic carbocycles. The van der Waals surface area contributed by atoms with Crippen molar-refractivity contribution < 1.29 is 4.79 Å². The molecule has 2 bridgehead atoms. The summed E-state index contributed by atoms with van der Waals surface area (Å²) in [6.07, 6.45) is 6.85. The topological polar surface area (TPSA) is 42.3 Å². The van der Waals surface area contributed by atoms with Gasteiger partial charge in [0.2, 0.25) is 5.91 Å². The van der Waals surface area contributed by atoms with Crippen LogP contribution in [0, 0.1) is 11.8 Å². The van der Waals surface area contributed by atoms with Gasteiger partial charge in [-0.25, -0.2) is 0 Å². The molecular weight excluding hydrogens is 404 g/mol. The lowest BCUT2D eigenvalue weighted by atomic mass is 9.81. The molecule has 0 spiro atoms. The molecule has 4 heterocycles. The van der Waals surface area contributed by atoms with Crippen LogP contribution in [0.25, 0.3) is 20.5 Å². The first-order valence-electron chi connectivity index (χ1n) is 11.7. The minimum atomic E-state index is 0.130. The van der Waals surface area contributed by atoms with Gasteiger partial charge in [-0.05, 0) is 54.8 Å². The van der Waals surface area contributed by atoms with Gasteiger partial charge in [0, 0.05) is 46.7 Å². The summed E-state index contributed by atoms with van der Waals surface area (Å²) >= 11 is 1.69. The smallest absolute Gasteiger partial charge is 0.259 e. The average molecular weight is 433 g/mol. The summed E-state index contributed by atoms with van der Waals surface area (Å²) in [5.74, 6) is 1.26. The third-order valence-electron chi connectivity index (χ3n) is 7.56. The van der Waals surface area contributed by atoms with E-state index in [-0.39, 0.29) is 17.4 Å². The van der Waals surface area contributed by atoms with Crippen molar-refractivity contribution in [3.63, 3.8) is 0 Å². The number of hydrogen-bond donors (Lipinski definition) is 0. The number of likely N-dealkylation sites (tertiary alicyclic amines) is 1. The number of benzene rings is 1. The number of aromatic nitrogens is 1. The molecular formula is C26H28N2O2S. The minimum Gasteiger partial charge on any atom is -0.341 e. The van der Waals surface area contributed by atoms with E-state index in [9.17, 15) is 9.59 Å². The Kier molecular flexibility index (Phi) is 4.75. The minimum absolute atomic E-state index is 0.130. The highest BCUT2D eigenvalue weighted by Gasteiger charge is 2.38. The zero-order valence-corrected chi connectivity index (χ0v) is 18.6. The van der Waals surface area contributed by atoms with Crippen molar-refractivity contribution in [1.82, 2.24) is 9.47 Å². The zero-order chi connectivity index (χ0) is 20.9. The van der Waals surface area contributed by atoms with E-state index >= 15 is 0 Å². The Labute approximate surface area is 186 Å². The van der Waals surface area contributed by atoms with Crippen LogP contribution >= 0.6 is 11.3 Å². The van der Waals surface area contributed by atoms with Crippen molar-refractivity contribution >= 4 is 27.3 Å². The first-order valence-corrected chi connectivity index (χ1v) is 12.5. The maximum Gasteiger partial charge on any atom is 0.259 e. The second-order valence-corrected chi connectivity index (χ2v) is 10.7. The van der Waals surface area contributed by atoms with E-state index in [1.54, 1.807) is 11.3 Å². The Bertz CT molecular complexity index is 1170. The van der Waals surface area contributed by atoms with Crippen molar-refractivity contribution in [2.75, 3.05) is 13.1 Å². The van der Waals surface area contributed by atoms with E-state index in [4.69, 9.17) is 0 Å². The van der Waals surface area contributed by atoms with Crippen LogP contribution in [0.2, 0.25) is 0 Å². The molecule has 1 aliphatic carbocycles. The Morgan fingerprint density at radius 1 is 0.968 bits per heavy atom. The summed E-state index contributed by atoms with van der Waals surface area (Å²) in [6, 6.07) is 14.6. The molecule has 3 aromatic rings. The molecule has 3 aliphatic rings. The van der Waals surface area contributed by atoms with E-state index in [1.807, 2.05) is 22.8 Å². The highest BCUT2D eigenvalue weighted by atomic mass is 32.1. The first-order chi connectivity index (χ1) is 15.2. The fraction of sp³-hybridized carbons (Fsp3) is 0.462. The molecule has 6 rings (SSSR count). The molecule has 2 fully saturated rings. The fourth-order valence-corrected chi connectivity index (χ4v) is 7.12. The van der Waals surface area contributed by atoms with Crippen molar-refractivity contribution in [1.29, 1.82) is 0 Å². The predicted molar refractivity (Wildman–Crippen MR) is 126 cm³/mol. The number of carbonyl (C=O) groups is 1. The Morgan fingerprint density at radius 3 is 2.65 bits per heavy atom. The van der Waals surface area contributed by atoms with Crippen LogP contribution in [0.15, 0.2) is 47.3 Å². The van der Waals surface area contributed by atoms with E-state index in [2.05, 4.69) is 29.2 Å². The second kappa shape index (κ2) is 7.63. The number of amides is 1. The van der Waals surface area contributed by atoms with Gasteiger partial charge in [-0.2, -0.15) is 0 Å². The maximum absolute atomic E-state index is 13.5. The van der Waals surface area contributed by atoms with Gasteiger partial charge in [0.05, 0.1) is 5.56 Å². The van der Waals surface area contributed by atoms with Crippen LogP contribution in [-0.4, -0.2) is 28.5 Å². The lowest BCUT2D eigenvalue weighted by Crippen LogP contribution is -2.50. The highest BCUT2D eigenvalue weighted by Crippen LogP contribution is 2.38. The summed E-state index contributed by atoms with van der Waals surface area (Å²) in [7, 11) is 0. The summed E-state index contributed by atoms with van der Waals surface area (Å²) in [5.41, 5.74) is 2.05. The van der Waals surface area contributed by atoms with Crippen molar-refractivity contribution in [3.05, 3.63) is 58.5 Å². The summed E-state index contributed by atoms with van der Waals surface area (Å²) < 4.78 is 3.23. The third-order valence-corrected chi connectivity index (χ3v) is 8.71. The molecule has 160 valence electrons. The van der Waals surface area contributed by atoms with Crippen LogP contribution < -0.4 is 5.56 Å². The van der Waals surface area contributed by atoms with Crippen LogP contribution in [0.3, 0.4) is 0 Å². The van der Waals surface area contributed by atoms with E-state index in [0.29, 0.717) is 11.8 Å². The highest BCUT2D eigenvalue weighted by molar-refractivity contribution is 7.22. The van der Waals surface area contributed by atoms with Crippen molar-refractivity contribution in [2.45, 2.75) is 51.0 Å². The molecule has 4 nitrogen and oxygen atoms in total. The molecule has 1 saturated carbocycles. The van der Waals surface area contributed by atoms with Crippen LogP contribution in [0.1, 0.15) is 50.1 Å². The number of fused-ring (bicyclic) bond motifs is 5. The first kappa shape index (κ1) is 19.3. The molecule has 31 heavy (non-hydrogen) atoms. The number of pyridine rings is 1. The van der Waals surface area contributed by atoms with Crippen LogP contribution in [0.4, 0.5) is 0 Å². The van der Waals surface area contributed by atoms with Crippen molar-refractivity contribution in [2.24, 2.45) is 11.8 Å². The normalized spacial score (nSPS) is 23.7. The van der Waals surface area contributed by atoms with Crippen LogP contribution in [-0.2, 0) is 11.3 Å². The number of hydrogen-bond acceptors (Lipinski definition) is 3. The lowest BCUT2D eigenvalue weighted by Gasteiger charge is -2.44. The maximum atomic E-state index is 13.5. The largest absolute Gasteiger partial charge is 0.341 e. The van der Waals surface area contributed by atoms with E-state index in [0.717, 1.165) is 55.0 Å². The number of thiophene rings is 1. The molecule has 1 saturated heterocycles. The van der Waals surface area contributed by atoms with Gasteiger partial charge in [0.15, 0.2) is 0 Å². The standard InChI is InChI=1S/C26H28N2O2S/c29-25(18-6-2-1-3-7-18)27-14-17-12-20(16-27)22-11-10-21(26(30)28(22)15-17)24-13-19-8-4-5-9-23(19)31-24/h4-5,8-11,13,17-18,20H,1-3,6-7,12,14-16H2/t17-,20-/m1/s1. The van der Waals surface area contributed by atoms with Gasteiger partial charge in [0.1, 0.15) is 0 Å². The Morgan fingerprint density at radius 2 is 1.81 bits per heavy atom. The quantitative estimate of drug-likeness (QED) is 0.555. The zero-order valence-electron chi connectivity index (χ0n) is 17.8. The SMILES string of the molecule is O=C(C1CCCCC1)N1C[C@H]2C[C@H](C1)c1ccc(-c3cc4ccccc4s3)c(=O)n1C2. The van der Waals surface area contributed by atoms with Gasteiger partial charge in [-0.15, -0.1) is 11.3 Å². The predicted octanol–water partition coefficient (Wildman–Crippen LogP) is 5.26. The summed E-state index contributed by atoms with van der Waals surface area (Å²) in [5, 5.41) is 1.19. The van der Waals surface area contributed by atoms with Crippen LogP contribution in [0.5, 0.6) is 0 Å². The number of carbonyl (C=O) groups excluding carboxylic acids is 1. The molecule has 0 N–H and O–H groups in total. The van der Waals surface area contributed by atoms with Gasteiger partial charge in [0.25, 0.3) is 5.56 Å². The lowest BCUT2D eigenvalue weighted by molar-refractivity contribution is -0.139. The number of piperidine rings is 1. The van der Waals surface area contributed by atoms with E-state index < -0.39 is 0 Å². The molecule has 1 amide bonds. The summed E-state index contributed by atoms with van der Waals surface area (Å²) in [6.45, 7) is 2.32. The monoisotopic (exact) mass is 432 g/mol. The molecule has 2 atom stereocenters. The van der Waals surface area contributed by atoms with Gasteiger partial charge in [-0.1, -0.05) is 37.5 Å². The van der Waals surface area contributed by atoms with Crippen molar-refractivity contribution in [3.8, 4) is 10.4 Å². The third kappa shape index (κ3) is 3.34. The Hall–Kier alpha value is -2.40. The van der Waals surface area contributed by atoms with Gasteiger partial charge < -0.3 is 9.47 Å². The summed E-state index contributed by atoms with van der Waals surface area (Å²) in [4.78, 5) is 29.8. The molecule has 0 unspecified atom stereocenters. The fourth-order valence-electron chi connectivity index (χ4n) is 6.04. The number of nitrogens with zero attached hydrogens (tertiary/aromatic N) is 2. The Balaban J connectivity index is 1.30. The van der Waals surface area contributed by atoms with Gasteiger partial charge >= 0.3 is 0 Å². The molecule has 0 radical (unpaired) electrons. The van der Waals surface area contributed by atoms with E-state index in [1.165, 1.54) is 29.3 Å². The number of rotatable bonds is 2. The molecule has 5 heteroatoms. The van der Waals surface area contributed by atoms with Gasteiger partial charge in [-0.3, -0.25) is 9.59 Å². The average Bonchev–Trinajstić information content (AvgIpc) is 3.24. The molecule has 2 aliphatic heterocycles.